The van der Waals surface area contributed by atoms with Crippen LogP contribution >= 0.6 is 0 Å². The summed E-state index contributed by atoms with van der Waals surface area (Å²) >= 11 is 0. The molecule has 0 spiro atoms. The number of carboxylic acid groups (broad SMARTS) is 1. The van der Waals surface area contributed by atoms with Crippen LogP contribution in [0.15, 0.2) is 4.99 Å². The van der Waals surface area contributed by atoms with Gasteiger partial charge in [-0.25, -0.2) is 14.6 Å². The zero-order chi connectivity index (χ0) is 40.4. The van der Waals surface area contributed by atoms with Gasteiger partial charge in [0, 0.05) is 57.0 Å². The van der Waals surface area contributed by atoms with E-state index in [4.69, 9.17) is 43.9 Å². The Morgan fingerprint density at radius 3 is 1.89 bits per heavy atom. The predicted octanol–water partition coefficient (Wildman–Crippen LogP) is -6.61. The quantitative estimate of drug-likeness (QED) is 0.0405. The summed E-state index contributed by atoms with van der Waals surface area (Å²) < 4.78 is 10.5. The lowest BCUT2D eigenvalue weighted by molar-refractivity contribution is -0.198. The van der Waals surface area contributed by atoms with Gasteiger partial charge in [-0.15, -0.1) is 0 Å². The van der Waals surface area contributed by atoms with Crippen LogP contribution in [0.3, 0.4) is 0 Å². The van der Waals surface area contributed by atoms with Crippen molar-refractivity contribution in [1.29, 1.82) is 0 Å². The average Bonchev–Trinajstić information content (AvgIpc) is 3.54. The number of aliphatic hydroxyl groups excluding tert-OH is 3. The van der Waals surface area contributed by atoms with Gasteiger partial charge in [0.25, 0.3) is 0 Å². The fourth-order valence-electron chi connectivity index (χ4n) is 5.89. The number of aliphatic imine (C=N–C) groups is 1. The van der Waals surface area contributed by atoms with E-state index >= 15 is 0 Å². The van der Waals surface area contributed by atoms with Gasteiger partial charge in [0.15, 0.2) is 18.2 Å². The van der Waals surface area contributed by atoms with Crippen LogP contribution in [0, 0.1) is 0 Å². The minimum absolute atomic E-state index is 0.0852. The van der Waals surface area contributed by atoms with Gasteiger partial charge in [-0.3, -0.25) is 14.4 Å². The monoisotopic (exact) mass is 776 g/mol. The van der Waals surface area contributed by atoms with Gasteiger partial charge in [-0.2, -0.15) is 0 Å². The van der Waals surface area contributed by atoms with Gasteiger partial charge < -0.3 is 90.9 Å². The highest BCUT2D eigenvalue weighted by Crippen LogP contribution is 2.22. The summed E-state index contributed by atoms with van der Waals surface area (Å²) in [4.78, 5) is 64.3. The molecule has 11 atom stereocenters. The summed E-state index contributed by atoms with van der Waals surface area (Å²) in [6.07, 6.45) is -5.16. The molecular formula is C31H60N12O11. The van der Waals surface area contributed by atoms with Crippen LogP contribution in [0.4, 0.5) is 4.79 Å². The van der Waals surface area contributed by atoms with E-state index in [0.29, 0.717) is 45.2 Å². The summed E-state index contributed by atoms with van der Waals surface area (Å²) in [5.41, 5.74) is 34.1. The molecule has 11 unspecified atom stereocenters. The highest BCUT2D eigenvalue weighted by molar-refractivity contribution is 5.89. The van der Waals surface area contributed by atoms with Gasteiger partial charge >= 0.3 is 12.1 Å². The second-order valence-corrected chi connectivity index (χ2v) is 13.5. The number of amides is 4. The normalized spacial score (nSPS) is 25.9. The van der Waals surface area contributed by atoms with Gasteiger partial charge in [-0.1, -0.05) is 0 Å². The maximum atomic E-state index is 13.0. The number of rotatable bonds is 24. The van der Waals surface area contributed by atoms with E-state index < -0.39 is 85.4 Å². The molecule has 0 aromatic heterocycles. The number of primary amides is 1. The number of carbonyl (C=O) groups excluding carboxylic acids is 4. The molecule has 4 amide bonds. The third-order valence-corrected chi connectivity index (χ3v) is 8.83. The second-order valence-electron chi connectivity index (χ2n) is 13.5. The van der Waals surface area contributed by atoms with Crippen molar-refractivity contribution in [2.45, 2.75) is 125 Å². The van der Waals surface area contributed by atoms with Crippen LogP contribution < -0.4 is 61.0 Å². The van der Waals surface area contributed by atoms with Crippen molar-refractivity contribution in [1.82, 2.24) is 26.6 Å². The van der Waals surface area contributed by atoms with E-state index in [9.17, 15) is 44.4 Å². The fraction of sp³-hybridized carbons (Fsp3) is 0.806. The Morgan fingerprint density at radius 2 is 1.39 bits per heavy atom. The summed E-state index contributed by atoms with van der Waals surface area (Å²) in [7, 11) is 0. The van der Waals surface area contributed by atoms with Crippen LogP contribution in [0.1, 0.15) is 57.8 Å². The predicted molar refractivity (Wildman–Crippen MR) is 193 cm³/mol. The molecule has 54 heavy (non-hydrogen) atoms. The molecule has 310 valence electrons. The average molecular weight is 777 g/mol. The van der Waals surface area contributed by atoms with Gasteiger partial charge in [-0.05, 0) is 45.1 Å². The summed E-state index contributed by atoms with van der Waals surface area (Å²) in [6, 6.07) is -5.24. The maximum Gasteiger partial charge on any atom is 0.404 e. The zero-order valence-electron chi connectivity index (χ0n) is 30.3. The number of ether oxygens (including phenoxy) is 2. The van der Waals surface area contributed by atoms with Crippen molar-refractivity contribution in [3.8, 4) is 0 Å². The first-order chi connectivity index (χ1) is 25.6. The van der Waals surface area contributed by atoms with E-state index in [0.717, 1.165) is 6.42 Å². The summed E-state index contributed by atoms with van der Waals surface area (Å²) in [5, 5.41) is 54.9. The molecule has 0 bridgehead atoms. The molecule has 2 aliphatic heterocycles. The van der Waals surface area contributed by atoms with Crippen molar-refractivity contribution in [3.05, 3.63) is 0 Å². The van der Waals surface area contributed by atoms with E-state index in [1.165, 1.54) is 0 Å². The Labute approximate surface area is 313 Å². The minimum atomic E-state index is -1.70. The smallest absolute Gasteiger partial charge is 0.404 e. The molecule has 23 nitrogen and oxygen atoms in total. The van der Waals surface area contributed by atoms with E-state index in [1.54, 1.807) is 0 Å². The number of aliphatic carboxylic acids is 1. The molecule has 0 aliphatic carbocycles. The summed E-state index contributed by atoms with van der Waals surface area (Å²) in [5.74, 6) is -2.58. The standard InChI is InChI=1S/C31H60N12O11/c32-7-1-4-15(34)10-20(45)38-8-2-5-16(35)11-21(46)39-9-3-6-17(36)12-22(47)40-25-27(49)26(48)19(14-53-30(37)52)54-28(25)43-31-41-23(18(44)13-33)24(42-31)29(50)51/h15-19,23-28,44,48-49H,1-14,32-36H2,(H2,37,52)(H,38,45)(H,39,46)(H,40,47)(H,50,51)(H2,41,42,43). The first-order valence-corrected chi connectivity index (χ1v) is 18.0. The van der Waals surface area contributed by atoms with Crippen molar-refractivity contribution in [2.24, 2.45) is 39.4 Å². The lowest BCUT2D eigenvalue weighted by Gasteiger charge is -2.43. The van der Waals surface area contributed by atoms with Gasteiger partial charge in [0.2, 0.25) is 17.7 Å². The number of hydrogen-bond donors (Lipinski definition) is 15. The third kappa shape index (κ3) is 16.2. The van der Waals surface area contributed by atoms with E-state index in [2.05, 4.69) is 31.6 Å². The molecule has 21 N–H and O–H groups in total. The molecule has 0 saturated carbocycles. The van der Waals surface area contributed by atoms with Crippen LogP contribution in [-0.2, 0) is 28.7 Å². The Kier molecular flexibility index (Phi) is 20.3. The molecule has 2 aliphatic rings. The molecule has 1 saturated heterocycles. The number of guanidine groups is 1. The van der Waals surface area contributed by atoms with Crippen LogP contribution in [0.5, 0.6) is 0 Å². The van der Waals surface area contributed by atoms with Crippen molar-refractivity contribution in [3.63, 3.8) is 0 Å². The molecule has 0 radical (unpaired) electrons. The van der Waals surface area contributed by atoms with Crippen LogP contribution in [0.2, 0.25) is 0 Å². The molecule has 1 fully saturated rings. The Bertz CT molecular complexity index is 1250. The van der Waals surface area contributed by atoms with Crippen LogP contribution in [-0.4, -0.2) is 156 Å². The Morgan fingerprint density at radius 1 is 0.852 bits per heavy atom. The maximum absolute atomic E-state index is 13.0. The number of nitrogens with zero attached hydrogens (tertiary/aromatic N) is 1. The zero-order valence-corrected chi connectivity index (χ0v) is 30.3. The lowest BCUT2D eigenvalue weighted by atomic mass is 9.95. The topological polar surface area (TPSA) is 413 Å². The molecule has 2 rings (SSSR count). The Hall–Kier alpha value is -3.94. The van der Waals surface area contributed by atoms with Gasteiger partial charge in [0.1, 0.15) is 31.0 Å². The number of hydrogen-bond acceptors (Lipinski definition) is 18. The second kappa shape index (κ2) is 23.8. The first-order valence-electron chi connectivity index (χ1n) is 18.0. The number of aliphatic hydroxyl groups is 3. The number of nitrogens with one attached hydrogen (secondary N) is 5. The van der Waals surface area contributed by atoms with Crippen molar-refractivity contribution >= 4 is 35.7 Å². The number of nitrogens with two attached hydrogens (primary N) is 6. The van der Waals surface area contributed by atoms with Crippen LogP contribution in [0.25, 0.3) is 0 Å². The fourth-order valence-corrected chi connectivity index (χ4v) is 5.89. The van der Waals surface area contributed by atoms with Crippen molar-refractivity contribution < 1.29 is 53.9 Å². The molecular weight excluding hydrogens is 716 g/mol. The first kappa shape index (κ1) is 46.2. The number of carbonyl (C=O) groups is 5. The molecule has 23 heteroatoms. The highest BCUT2D eigenvalue weighted by atomic mass is 16.6. The number of carboxylic acids is 1. The molecule has 0 aromatic rings. The van der Waals surface area contributed by atoms with Gasteiger partial charge in [0.05, 0.1) is 12.1 Å². The van der Waals surface area contributed by atoms with Crippen molar-refractivity contribution in [2.75, 3.05) is 32.8 Å². The minimum Gasteiger partial charge on any atom is -0.480 e. The highest BCUT2D eigenvalue weighted by Gasteiger charge is 2.47. The summed E-state index contributed by atoms with van der Waals surface area (Å²) in [6.45, 7) is 0.361. The molecule has 2 heterocycles. The van der Waals surface area contributed by atoms with E-state index in [-0.39, 0.29) is 56.2 Å². The molecule has 0 aromatic carbocycles. The third-order valence-electron chi connectivity index (χ3n) is 8.83. The van der Waals surface area contributed by atoms with E-state index in [1.807, 2.05) is 0 Å². The Balaban J connectivity index is 1.83. The largest absolute Gasteiger partial charge is 0.480 e. The lowest BCUT2D eigenvalue weighted by Crippen LogP contribution is -2.69. The SMILES string of the molecule is NCCCC(N)CC(=O)NCCCC(N)CC(=O)NCCCC(N)CC(=O)NC1C(NC2=NC(C(=O)O)C(C(O)CN)N2)OC(COC(N)=O)C(O)C1O.